The average molecular weight is 633 g/mol. The minimum atomic E-state index is -3.98. The van der Waals surface area contributed by atoms with Crippen molar-refractivity contribution >= 4 is 59.9 Å². The molecule has 0 amide bonds. The van der Waals surface area contributed by atoms with Crippen LogP contribution in [0.25, 0.3) is 22.2 Å². The van der Waals surface area contributed by atoms with Gasteiger partial charge in [0.2, 0.25) is 26.0 Å². The van der Waals surface area contributed by atoms with Crippen LogP contribution in [0.3, 0.4) is 0 Å². The van der Waals surface area contributed by atoms with Crippen molar-refractivity contribution in [1.29, 1.82) is 0 Å². The third-order valence-corrected chi connectivity index (χ3v) is 11.2. The van der Waals surface area contributed by atoms with E-state index in [4.69, 9.17) is 16.3 Å². The number of aromatic nitrogens is 3. The van der Waals surface area contributed by atoms with Gasteiger partial charge in [-0.1, -0.05) is 47.4 Å². The average Bonchev–Trinajstić information content (AvgIpc) is 3.33. The summed E-state index contributed by atoms with van der Waals surface area (Å²) in [5, 5.41) is 4.64. The number of methoxy groups -OCH3 is 1. The highest BCUT2D eigenvalue weighted by molar-refractivity contribution is 8.03. The quantitative estimate of drug-likeness (QED) is 0.279. The number of nitrogens with zero attached hydrogens (tertiary/aromatic N) is 4. The van der Waals surface area contributed by atoms with Gasteiger partial charge < -0.3 is 19.9 Å². The van der Waals surface area contributed by atoms with E-state index in [1.165, 1.54) is 0 Å². The minimum Gasteiger partial charge on any atom is -0.494 e. The number of nitrogens with one attached hydrogen (secondary N) is 2. The van der Waals surface area contributed by atoms with Crippen LogP contribution in [0.15, 0.2) is 54.9 Å². The first-order valence-corrected chi connectivity index (χ1v) is 17.2. The Labute approximate surface area is 251 Å². The number of rotatable bonds is 8. The van der Waals surface area contributed by atoms with Crippen molar-refractivity contribution in [2.45, 2.75) is 26.3 Å². The van der Waals surface area contributed by atoms with Crippen molar-refractivity contribution in [3.8, 4) is 17.0 Å². The third-order valence-electron chi connectivity index (χ3n) is 7.47. The summed E-state index contributed by atoms with van der Waals surface area (Å²) in [6.45, 7) is 4.65. The van der Waals surface area contributed by atoms with Crippen molar-refractivity contribution in [2.24, 2.45) is 5.41 Å². The van der Waals surface area contributed by atoms with Crippen LogP contribution in [0.5, 0.6) is 5.75 Å². The van der Waals surface area contributed by atoms with Crippen LogP contribution in [0.1, 0.15) is 20.3 Å². The molecule has 2 aromatic carbocycles. The molecule has 0 aliphatic carbocycles. The molecule has 11 nitrogen and oxygen atoms in total. The van der Waals surface area contributed by atoms with Crippen LogP contribution in [-0.2, 0) is 20.0 Å². The van der Waals surface area contributed by atoms with Crippen molar-refractivity contribution in [3.63, 3.8) is 0 Å². The Balaban J connectivity index is 1.39. The van der Waals surface area contributed by atoms with Crippen molar-refractivity contribution in [2.75, 3.05) is 42.9 Å². The Morgan fingerprint density at radius 3 is 2.50 bits per heavy atom. The second kappa shape index (κ2) is 11.0. The molecule has 1 fully saturated rings. The third kappa shape index (κ3) is 5.91. The highest BCUT2D eigenvalue weighted by Crippen LogP contribution is 2.40. The Morgan fingerprint density at radius 2 is 1.83 bits per heavy atom. The number of aromatic amines is 1. The summed E-state index contributed by atoms with van der Waals surface area (Å²) in [5.41, 5.74) is 3.25. The molecule has 224 valence electrons. The fraction of sp³-hybridized carbons (Fsp3) is 0.357. The number of H-pyrrole nitrogens is 1. The topological polar surface area (TPSA) is 138 Å². The first kappa shape index (κ1) is 30.1. The monoisotopic (exact) mass is 632 g/mol. The van der Waals surface area contributed by atoms with Gasteiger partial charge in [-0.25, -0.2) is 26.8 Å². The van der Waals surface area contributed by atoms with Crippen LogP contribution in [-0.4, -0.2) is 74.3 Å². The maximum atomic E-state index is 12.4. The van der Waals surface area contributed by atoms with Crippen molar-refractivity contribution < 1.29 is 21.6 Å². The molecule has 1 aliphatic heterocycles. The molecule has 2 aromatic heterocycles. The molecular weight excluding hydrogens is 600 g/mol. The molecule has 1 aliphatic rings. The predicted molar refractivity (Wildman–Crippen MR) is 167 cm³/mol. The fourth-order valence-corrected chi connectivity index (χ4v) is 9.51. The first-order valence-electron chi connectivity index (χ1n) is 13.2. The van der Waals surface area contributed by atoms with Crippen LogP contribution in [0, 0.1) is 5.41 Å². The standard InChI is InChI=1S/C28H33ClN6O5S2/c1-28(2)17-34(13-12-25(28)35(41(4,36)37)42(5,38)39)18-10-11-23(24(14-18)40-3)32-27-31-16-21(29)26(33-27)20-15-30-22-9-7-6-8-19(20)22/h6-11,14-16,25,30H,12-13,17H2,1-5H3,(H,31,32,33). The first-order chi connectivity index (χ1) is 19.7. The van der Waals surface area contributed by atoms with E-state index >= 15 is 0 Å². The lowest BCUT2D eigenvalue weighted by molar-refractivity contribution is 0.179. The molecule has 0 spiro atoms. The lowest BCUT2D eigenvalue weighted by atomic mass is 9.79. The number of piperidine rings is 1. The number of para-hydroxylation sites is 1. The molecule has 4 aromatic rings. The van der Waals surface area contributed by atoms with Gasteiger partial charge in [0.25, 0.3) is 0 Å². The second-order valence-corrected chi connectivity index (χ2v) is 15.5. The molecule has 1 saturated heterocycles. The Bertz CT molecular complexity index is 1830. The van der Waals surface area contributed by atoms with Gasteiger partial charge in [-0.15, -0.1) is 0 Å². The van der Waals surface area contributed by atoms with E-state index in [0.29, 0.717) is 51.3 Å². The lowest BCUT2D eigenvalue weighted by Crippen LogP contribution is -2.58. The van der Waals surface area contributed by atoms with Gasteiger partial charge in [-0.2, -0.15) is 0 Å². The number of halogens is 1. The number of anilines is 3. The molecule has 3 heterocycles. The second-order valence-electron chi connectivity index (χ2n) is 11.1. The van der Waals surface area contributed by atoms with E-state index in [2.05, 4.69) is 25.2 Å². The van der Waals surface area contributed by atoms with Crippen LogP contribution in [0.2, 0.25) is 5.02 Å². The van der Waals surface area contributed by atoms with Gasteiger partial charge in [0.05, 0.1) is 42.2 Å². The number of hydrogen-bond acceptors (Lipinski definition) is 9. The highest BCUT2D eigenvalue weighted by Gasteiger charge is 2.46. The van der Waals surface area contributed by atoms with E-state index in [1.54, 1.807) is 13.3 Å². The van der Waals surface area contributed by atoms with Crippen LogP contribution in [0.4, 0.5) is 17.3 Å². The summed E-state index contributed by atoms with van der Waals surface area (Å²) in [6.07, 6.45) is 5.62. The number of benzene rings is 2. The minimum absolute atomic E-state index is 0.338. The lowest BCUT2D eigenvalue weighted by Gasteiger charge is -2.47. The zero-order valence-electron chi connectivity index (χ0n) is 23.9. The predicted octanol–water partition coefficient (Wildman–Crippen LogP) is 4.86. The normalized spacial score (nSPS) is 17.5. The summed E-state index contributed by atoms with van der Waals surface area (Å²) in [6, 6.07) is 12.8. The molecule has 1 atom stereocenters. The maximum absolute atomic E-state index is 12.4. The summed E-state index contributed by atoms with van der Waals surface area (Å²) in [4.78, 5) is 14.4. The Hall–Kier alpha value is -3.39. The largest absolute Gasteiger partial charge is 0.494 e. The molecule has 0 saturated carbocycles. The number of ether oxygens (including phenoxy) is 1. The van der Waals surface area contributed by atoms with E-state index in [-0.39, 0.29) is 0 Å². The van der Waals surface area contributed by atoms with Crippen molar-refractivity contribution in [1.82, 2.24) is 18.7 Å². The smallest absolute Gasteiger partial charge is 0.227 e. The summed E-state index contributed by atoms with van der Waals surface area (Å²) in [7, 11) is -6.39. The summed E-state index contributed by atoms with van der Waals surface area (Å²) in [5.74, 6) is 0.892. The molecule has 2 N–H and O–H groups in total. The van der Waals surface area contributed by atoms with Gasteiger partial charge >= 0.3 is 0 Å². The van der Waals surface area contributed by atoms with Gasteiger partial charge in [0, 0.05) is 59.0 Å². The van der Waals surface area contributed by atoms with Crippen LogP contribution >= 0.6 is 11.6 Å². The Morgan fingerprint density at radius 1 is 1.12 bits per heavy atom. The van der Waals surface area contributed by atoms with E-state index in [1.807, 2.05) is 62.5 Å². The van der Waals surface area contributed by atoms with Gasteiger partial charge in [-0.05, 0) is 24.6 Å². The molecule has 42 heavy (non-hydrogen) atoms. The van der Waals surface area contributed by atoms with Crippen LogP contribution < -0.4 is 15.0 Å². The number of hydrogen-bond donors (Lipinski definition) is 2. The molecule has 14 heteroatoms. The highest BCUT2D eigenvalue weighted by atomic mass is 35.5. The van der Waals surface area contributed by atoms with E-state index < -0.39 is 31.5 Å². The Kier molecular flexibility index (Phi) is 7.90. The molecule has 0 radical (unpaired) electrons. The SMILES string of the molecule is COc1cc(N2CCC(N(S(C)(=O)=O)S(C)(=O)=O)C(C)(C)C2)ccc1Nc1ncc(Cl)c(-c2c[nH]c3ccccc23)n1. The maximum Gasteiger partial charge on any atom is 0.227 e. The zero-order valence-corrected chi connectivity index (χ0v) is 26.3. The number of sulfonamides is 2. The van der Waals surface area contributed by atoms with E-state index in [0.717, 1.165) is 34.7 Å². The summed E-state index contributed by atoms with van der Waals surface area (Å²) >= 11 is 6.49. The van der Waals surface area contributed by atoms with Gasteiger partial charge in [-0.3, -0.25) is 0 Å². The van der Waals surface area contributed by atoms with Gasteiger partial charge in [0.1, 0.15) is 5.75 Å². The number of fused-ring (bicyclic) bond motifs is 1. The molecule has 1 unspecified atom stereocenters. The van der Waals surface area contributed by atoms with Crippen molar-refractivity contribution in [3.05, 3.63) is 59.9 Å². The summed E-state index contributed by atoms with van der Waals surface area (Å²) < 4.78 is 56.1. The molecular formula is C28H33ClN6O5S2. The molecule has 0 bridgehead atoms. The fourth-order valence-electron chi connectivity index (χ4n) is 5.65. The molecule has 5 rings (SSSR count). The van der Waals surface area contributed by atoms with E-state index in [9.17, 15) is 16.8 Å². The zero-order chi connectivity index (χ0) is 30.4. The van der Waals surface area contributed by atoms with Gasteiger partial charge in [0.15, 0.2) is 0 Å².